The highest BCUT2D eigenvalue weighted by molar-refractivity contribution is 6.50. The van der Waals surface area contributed by atoms with E-state index in [0.29, 0.717) is 11.3 Å². The molecule has 2 aromatic rings. The van der Waals surface area contributed by atoms with Crippen LogP contribution in [-0.4, -0.2) is 7.25 Å². The predicted octanol–water partition coefficient (Wildman–Crippen LogP) is 3.89. The van der Waals surface area contributed by atoms with Gasteiger partial charge in [-0.3, -0.25) is 0 Å². The topological polar surface area (TPSA) is 58.4 Å². The number of benzene rings is 1. The quantitative estimate of drug-likeness (QED) is 0.317. The molecule has 0 aliphatic rings. The van der Waals surface area contributed by atoms with Crippen LogP contribution in [0.2, 0.25) is 0 Å². The third-order valence-electron chi connectivity index (χ3n) is 2.05. The zero-order valence-electron chi connectivity index (χ0n) is 9.61. The Morgan fingerprint density at radius 1 is 1.21 bits per heavy atom. The van der Waals surface area contributed by atoms with E-state index in [-0.39, 0.29) is 0 Å². The summed E-state index contributed by atoms with van der Waals surface area (Å²) in [5, 5.41) is 9.39. The Balaban J connectivity index is 0.000000312. The molecule has 0 fully saturated rings. The van der Waals surface area contributed by atoms with Crippen molar-refractivity contribution in [1.29, 1.82) is 5.39 Å². The molecule has 19 heavy (non-hydrogen) atoms. The monoisotopic (exact) mass is 274 g/mol. The van der Waals surface area contributed by atoms with Crippen LogP contribution < -0.4 is 5.63 Å². The van der Waals surface area contributed by atoms with Gasteiger partial charge in [0.1, 0.15) is 5.58 Å². The van der Waals surface area contributed by atoms with Crippen molar-refractivity contribution in [1.82, 2.24) is 0 Å². The molecular weight excluding hydrogens is 267 g/mol. The second-order valence-corrected chi connectivity index (χ2v) is 3.52. The lowest BCUT2D eigenvalue weighted by Crippen LogP contribution is -2.02. The largest absolute Gasteiger partial charge is 0.673 e. The summed E-state index contributed by atoms with van der Waals surface area (Å²) in [7, 11) is -6.00. The van der Waals surface area contributed by atoms with Crippen molar-refractivity contribution < 1.29 is 21.7 Å². The average Bonchev–Trinajstić information content (AvgIpc) is 2.25. The van der Waals surface area contributed by atoms with Gasteiger partial charge in [0.25, 0.3) is 0 Å². The summed E-state index contributed by atoms with van der Waals surface area (Å²) in [5.41, 5.74) is 1.25. The number of aryl methyl sites for hydroxylation is 1. The van der Waals surface area contributed by atoms with Crippen molar-refractivity contribution in [3.63, 3.8) is 0 Å². The second kappa shape index (κ2) is 5.52. The Bertz CT molecular complexity index is 684. The molecule has 2 rings (SSSR count). The van der Waals surface area contributed by atoms with Crippen LogP contribution >= 0.6 is 0 Å². The molecule has 0 amide bonds. The second-order valence-electron chi connectivity index (χ2n) is 3.52. The minimum absolute atomic E-state index is 0.367. The molecule has 0 aliphatic heterocycles. The van der Waals surface area contributed by atoms with E-state index in [4.69, 9.17) is 9.81 Å². The average molecular weight is 274 g/mol. The van der Waals surface area contributed by atoms with Crippen molar-refractivity contribution in [3.05, 3.63) is 45.2 Å². The molecule has 4 nitrogen and oxygen atoms in total. The fourth-order valence-electron chi connectivity index (χ4n) is 1.38. The van der Waals surface area contributed by atoms with E-state index in [1.54, 1.807) is 12.1 Å². The summed E-state index contributed by atoms with van der Waals surface area (Å²) in [6.45, 7) is 1.83. The summed E-state index contributed by atoms with van der Waals surface area (Å²) >= 11 is 0. The van der Waals surface area contributed by atoms with Gasteiger partial charge in [0, 0.05) is 17.5 Å². The maximum atomic E-state index is 11.0. The van der Waals surface area contributed by atoms with Gasteiger partial charge >= 0.3 is 18.6 Å². The van der Waals surface area contributed by atoms with E-state index in [0.717, 1.165) is 10.9 Å². The van der Waals surface area contributed by atoms with Crippen LogP contribution in [0.25, 0.3) is 15.9 Å². The maximum absolute atomic E-state index is 11.0. The zero-order valence-corrected chi connectivity index (χ0v) is 9.61. The summed E-state index contributed by atoms with van der Waals surface area (Å²) in [6, 6.07) is 6.35. The Labute approximate surface area is 104 Å². The number of nitrogens with zero attached hydrogens (tertiary/aromatic N) is 2. The first kappa shape index (κ1) is 14.7. The SMILES string of the molecule is Cc1cc(=O)oc2cc([N+]#N)ccc12.F[B-](F)(F)F. The molecule has 0 radical (unpaired) electrons. The van der Waals surface area contributed by atoms with Crippen molar-refractivity contribution in [2.75, 3.05) is 0 Å². The molecule has 9 heteroatoms. The van der Waals surface area contributed by atoms with Crippen molar-refractivity contribution in [2.45, 2.75) is 6.92 Å². The number of hydrogen-bond acceptors (Lipinski definition) is 3. The number of diazo groups is 1. The first-order chi connectivity index (χ1) is 8.70. The minimum atomic E-state index is -6.00. The van der Waals surface area contributed by atoms with Gasteiger partial charge in [-0.15, -0.1) is 0 Å². The third-order valence-corrected chi connectivity index (χ3v) is 2.05. The highest BCUT2D eigenvalue weighted by atomic mass is 19.5. The van der Waals surface area contributed by atoms with Gasteiger partial charge < -0.3 is 21.7 Å². The number of fused-ring (bicyclic) bond motifs is 1. The van der Waals surface area contributed by atoms with E-state index >= 15 is 0 Å². The highest BCUT2D eigenvalue weighted by Gasteiger charge is 2.20. The minimum Gasteiger partial charge on any atom is -0.422 e. The molecule has 0 saturated heterocycles. The smallest absolute Gasteiger partial charge is 0.422 e. The normalized spacial score (nSPS) is 10.5. The molecule has 1 aromatic carbocycles. The standard InChI is InChI=1S/C10H7N2O2.BF4/c1-6-4-10(13)14-9-5-7(12-11)2-3-8(6)9;2-1(3,4)5/h2-5H,1H3;/q+1;-1. The van der Waals surface area contributed by atoms with Gasteiger partial charge in [-0.05, 0) is 18.6 Å². The fraction of sp³-hybridized carbons (Fsp3) is 0.100. The summed E-state index contributed by atoms with van der Waals surface area (Å²) in [6.07, 6.45) is 0. The predicted molar refractivity (Wildman–Crippen MR) is 62.2 cm³/mol. The van der Waals surface area contributed by atoms with Gasteiger partial charge in [0.05, 0.1) is 6.07 Å². The van der Waals surface area contributed by atoms with Gasteiger partial charge in [-0.25, -0.2) is 4.79 Å². The van der Waals surface area contributed by atoms with E-state index in [9.17, 15) is 22.1 Å². The third kappa shape index (κ3) is 4.79. The number of halogens is 4. The molecule has 0 saturated carbocycles. The lowest BCUT2D eigenvalue weighted by atomic mass is 10.1. The summed E-state index contributed by atoms with van der Waals surface area (Å²) in [5.74, 6) is 0. The first-order valence-electron chi connectivity index (χ1n) is 4.97. The van der Waals surface area contributed by atoms with Gasteiger partial charge in [-0.1, -0.05) is 0 Å². The maximum Gasteiger partial charge on any atom is 0.673 e. The zero-order chi connectivity index (χ0) is 14.6. The lowest BCUT2D eigenvalue weighted by molar-refractivity contribution is 0.368. The van der Waals surface area contributed by atoms with E-state index in [2.05, 4.69) is 4.98 Å². The van der Waals surface area contributed by atoms with Gasteiger partial charge in [0.2, 0.25) is 5.39 Å². The van der Waals surface area contributed by atoms with Crippen LogP contribution in [0.4, 0.5) is 23.0 Å². The van der Waals surface area contributed by atoms with Crippen LogP contribution in [0.1, 0.15) is 5.56 Å². The Morgan fingerprint density at radius 2 is 1.79 bits per heavy atom. The molecule has 0 aliphatic carbocycles. The molecular formula is C10H7BF4N2O2. The molecule has 1 heterocycles. The van der Waals surface area contributed by atoms with E-state index in [1.165, 1.54) is 12.1 Å². The van der Waals surface area contributed by atoms with Crippen molar-refractivity contribution in [3.8, 4) is 0 Å². The molecule has 0 bridgehead atoms. The van der Waals surface area contributed by atoms with Crippen LogP contribution in [-0.2, 0) is 0 Å². The van der Waals surface area contributed by atoms with Crippen molar-refractivity contribution >= 4 is 23.9 Å². The Morgan fingerprint density at radius 3 is 2.32 bits per heavy atom. The van der Waals surface area contributed by atoms with Crippen LogP contribution in [0.5, 0.6) is 0 Å². The molecule has 0 spiro atoms. The van der Waals surface area contributed by atoms with E-state index < -0.39 is 12.9 Å². The van der Waals surface area contributed by atoms with Crippen LogP contribution in [0.3, 0.4) is 0 Å². The summed E-state index contributed by atoms with van der Waals surface area (Å²) < 4.78 is 44.0. The van der Waals surface area contributed by atoms with Crippen LogP contribution in [0.15, 0.2) is 33.5 Å². The molecule has 0 atom stereocenters. The Kier molecular flexibility index (Phi) is 4.27. The molecule has 0 unspecified atom stereocenters. The lowest BCUT2D eigenvalue weighted by Gasteiger charge is -1.96. The van der Waals surface area contributed by atoms with Crippen molar-refractivity contribution in [2.24, 2.45) is 0 Å². The molecule has 0 N–H and O–H groups in total. The Hall–Kier alpha value is -2.37. The fourth-order valence-corrected chi connectivity index (χ4v) is 1.38. The molecule has 1 aromatic heterocycles. The van der Waals surface area contributed by atoms with Gasteiger partial charge in [-0.2, -0.15) is 0 Å². The molecule has 100 valence electrons. The highest BCUT2D eigenvalue weighted by Crippen LogP contribution is 2.22. The number of rotatable bonds is 0. The number of hydrogen-bond donors (Lipinski definition) is 0. The first-order valence-corrected chi connectivity index (χ1v) is 4.97. The van der Waals surface area contributed by atoms with E-state index in [1.807, 2.05) is 6.92 Å². The summed E-state index contributed by atoms with van der Waals surface area (Å²) in [4.78, 5) is 14.1. The van der Waals surface area contributed by atoms with Crippen LogP contribution in [0, 0.1) is 12.3 Å². The van der Waals surface area contributed by atoms with Gasteiger partial charge in [0.15, 0.2) is 4.98 Å².